The fourth-order valence-electron chi connectivity index (χ4n) is 4.76. The molecule has 1 aliphatic carbocycles. The van der Waals surface area contributed by atoms with Gasteiger partial charge in [-0.1, -0.05) is 6.07 Å². The number of nitrogens with one attached hydrogen (secondary N) is 1. The van der Waals surface area contributed by atoms with Crippen molar-refractivity contribution < 1.29 is 13.9 Å². The standard InChI is InChI=1S/C25H32FN3O2/c1-31-23-9-10-24-19(17-23)3-2-4-20(24)18-25(30)27-11-12-28-13-15-29(16-14-28)22-7-5-21(26)6-8-22/h5-10,17,20H,2-4,11-16,18H2,1H3,(H,27,30). The largest absolute Gasteiger partial charge is 0.497 e. The van der Waals surface area contributed by atoms with E-state index in [1.807, 2.05) is 18.2 Å². The van der Waals surface area contributed by atoms with Crippen LogP contribution in [0, 0.1) is 5.82 Å². The van der Waals surface area contributed by atoms with E-state index in [9.17, 15) is 9.18 Å². The third-order valence-corrected chi connectivity index (χ3v) is 6.53. The van der Waals surface area contributed by atoms with Crippen molar-refractivity contribution in [3.05, 3.63) is 59.4 Å². The predicted molar refractivity (Wildman–Crippen MR) is 121 cm³/mol. The zero-order valence-electron chi connectivity index (χ0n) is 18.3. The van der Waals surface area contributed by atoms with Crippen molar-refractivity contribution in [3.8, 4) is 5.75 Å². The minimum absolute atomic E-state index is 0.138. The second-order valence-electron chi connectivity index (χ2n) is 8.51. The number of carbonyl (C=O) groups is 1. The first-order chi connectivity index (χ1) is 15.1. The Morgan fingerprint density at radius 2 is 1.90 bits per heavy atom. The molecule has 31 heavy (non-hydrogen) atoms. The maximum absolute atomic E-state index is 13.1. The van der Waals surface area contributed by atoms with Gasteiger partial charge in [-0.3, -0.25) is 9.69 Å². The lowest BCUT2D eigenvalue weighted by molar-refractivity contribution is -0.121. The Bertz CT molecular complexity index is 879. The van der Waals surface area contributed by atoms with Crippen LogP contribution in [0.5, 0.6) is 5.75 Å². The summed E-state index contributed by atoms with van der Waals surface area (Å²) in [6.45, 7) is 5.28. The molecule has 0 spiro atoms. The van der Waals surface area contributed by atoms with E-state index in [1.54, 1.807) is 7.11 Å². The zero-order valence-corrected chi connectivity index (χ0v) is 18.3. The lowest BCUT2D eigenvalue weighted by Crippen LogP contribution is -2.48. The average molecular weight is 426 g/mol. The summed E-state index contributed by atoms with van der Waals surface area (Å²) in [6.07, 6.45) is 3.81. The molecule has 1 amide bonds. The molecule has 2 aromatic rings. The fourth-order valence-corrected chi connectivity index (χ4v) is 4.76. The van der Waals surface area contributed by atoms with Gasteiger partial charge in [-0.25, -0.2) is 4.39 Å². The highest BCUT2D eigenvalue weighted by molar-refractivity contribution is 5.77. The smallest absolute Gasteiger partial charge is 0.220 e. The summed E-state index contributed by atoms with van der Waals surface area (Å²) < 4.78 is 18.4. The molecule has 0 saturated carbocycles. The predicted octanol–water partition coefficient (Wildman–Crippen LogP) is 3.58. The van der Waals surface area contributed by atoms with Gasteiger partial charge in [0.1, 0.15) is 11.6 Å². The van der Waals surface area contributed by atoms with Crippen molar-refractivity contribution in [2.75, 3.05) is 51.3 Å². The molecular formula is C25H32FN3O2. The summed E-state index contributed by atoms with van der Waals surface area (Å²) in [6, 6.07) is 12.9. The molecule has 4 rings (SSSR count). The summed E-state index contributed by atoms with van der Waals surface area (Å²) >= 11 is 0. The van der Waals surface area contributed by atoms with Crippen molar-refractivity contribution in [1.82, 2.24) is 10.2 Å². The summed E-state index contributed by atoms with van der Waals surface area (Å²) in [5, 5.41) is 3.12. The number of nitrogens with zero attached hydrogens (tertiary/aromatic N) is 2. The van der Waals surface area contributed by atoms with E-state index in [4.69, 9.17) is 4.74 Å². The van der Waals surface area contributed by atoms with Gasteiger partial charge in [-0.05, 0) is 72.7 Å². The Kier molecular flexibility index (Phi) is 7.07. The van der Waals surface area contributed by atoms with Gasteiger partial charge in [0.2, 0.25) is 5.91 Å². The molecule has 5 nitrogen and oxygen atoms in total. The van der Waals surface area contributed by atoms with Crippen molar-refractivity contribution in [2.24, 2.45) is 0 Å². The Labute approximate surface area is 184 Å². The van der Waals surface area contributed by atoms with Crippen LogP contribution in [0.25, 0.3) is 0 Å². The van der Waals surface area contributed by atoms with Crippen LogP contribution in [-0.4, -0.2) is 57.2 Å². The van der Waals surface area contributed by atoms with E-state index >= 15 is 0 Å². The minimum atomic E-state index is -0.199. The Morgan fingerprint density at radius 1 is 1.13 bits per heavy atom. The van der Waals surface area contributed by atoms with Gasteiger partial charge in [0.15, 0.2) is 0 Å². The monoisotopic (exact) mass is 425 g/mol. The number of rotatable bonds is 7. The summed E-state index contributed by atoms with van der Waals surface area (Å²) in [7, 11) is 1.69. The molecule has 0 radical (unpaired) electrons. The van der Waals surface area contributed by atoms with Crippen LogP contribution >= 0.6 is 0 Å². The summed E-state index contributed by atoms with van der Waals surface area (Å²) in [4.78, 5) is 17.2. The van der Waals surface area contributed by atoms with Gasteiger partial charge in [-0.15, -0.1) is 0 Å². The van der Waals surface area contributed by atoms with Crippen LogP contribution in [0.1, 0.15) is 36.3 Å². The van der Waals surface area contributed by atoms with Crippen LogP contribution in [0.2, 0.25) is 0 Å². The zero-order chi connectivity index (χ0) is 21.6. The molecule has 166 valence electrons. The molecule has 2 aromatic carbocycles. The van der Waals surface area contributed by atoms with Crippen LogP contribution < -0.4 is 15.0 Å². The highest BCUT2D eigenvalue weighted by atomic mass is 19.1. The number of carbonyl (C=O) groups excluding carboxylic acids is 1. The topological polar surface area (TPSA) is 44.8 Å². The van der Waals surface area contributed by atoms with Crippen molar-refractivity contribution in [2.45, 2.75) is 31.6 Å². The Hall–Kier alpha value is -2.60. The summed E-state index contributed by atoms with van der Waals surface area (Å²) in [5.74, 6) is 1.13. The molecule has 0 aromatic heterocycles. The SMILES string of the molecule is COc1ccc2c(c1)CCCC2CC(=O)NCCN1CCN(c2ccc(F)cc2)CC1. The number of halogens is 1. The molecule has 2 aliphatic rings. The average Bonchev–Trinajstić information content (AvgIpc) is 2.80. The quantitative estimate of drug-likeness (QED) is 0.737. The van der Waals surface area contributed by atoms with Gasteiger partial charge < -0.3 is 15.0 Å². The molecule has 1 saturated heterocycles. The van der Waals surface area contributed by atoms with Crippen molar-refractivity contribution in [3.63, 3.8) is 0 Å². The summed E-state index contributed by atoms with van der Waals surface area (Å²) in [5.41, 5.74) is 3.70. The van der Waals surface area contributed by atoms with Crippen LogP contribution in [-0.2, 0) is 11.2 Å². The minimum Gasteiger partial charge on any atom is -0.497 e. The third kappa shape index (κ3) is 5.56. The van der Waals surface area contributed by atoms with Crippen LogP contribution in [0.3, 0.4) is 0 Å². The molecule has 6 heteroatoms. The number of aryl methyl sites for hydroxylation is 1. The number of benzene rings is 2. The van der Waals surface area contributed by atoms with Gasteiger partial charge in [0.05, 0.1) is 7.11 Å². The van der Waals surface area contributed by atoms with Crippen molar-refractivity contribution in [1.29, 1.82) is 0 Å². The van der Waals surface area contributed by atoms with Crippen LogP contribution in [0.15, 0.2) is 42.5 Å². The molecule has 1 aliphatic heterocycles. The van der Waals surface area contributed by atoms with Gasteiger partial charge >= 0.3 is 0 Å². The van der Waals surface area contributed by atoms with E-state index in [0.717, 1.165) is 63.4 Å². The number of amides is 1. The van der Waals surface area contributed by atoms with Gasteiger partial charge in [0, 0.05) is 51.4 Å². The molecule has 1 unspecified atom stereocenters. The van der Waals surface area contributed by atoms with E-state index in [2.05, 4.69) is 27.2 Å². The first-order valence-electron chi connectivity index (χ1n) is 11.3. The highest BCUT2D eigenvalue weighted by Crippen LogP contribution is 2.35. The number of hydrogen-bond donors (Lipinski definition) is 1. The lowest BCUT2D eigenvalue weighted by atomic mass is 9.81. The molecule has 1 N–H and O–H groups in total. The maximum Gasteiger partial charge on any atom is 0.220 e. The number of anilines is 1. The number of ether oxygens (including phenoxy) is 1. The normalized spacial score (nSPS) is 19.0. The highest BCUT2D eigenvalue weighted by Gasteiger charge is 2.23. The van der Waals surface area contributed by atoms with E-state index in [1.165, 1.54) is 23.3 Å². The molecule has 0 bridgehead atoms. The van der Waals surface area contributed by atoms with Gasteiger partial charge in [0.25, 0.3) is 0 Å². The first kappa shape index (κ1) is 21.6. The molecule has 1 heterocycles. The molecule has 1 atom stereocenters. The van der Waals surface area contributed by atoms with Crippen LogP contribution in [0.4, 0.5) is 10.1 Å². The van der Waals surface area contributed by atoms with E-state index < -0.39 is 0 Å². The lowest BCUT2D eigenvalue weighted by Gasteiger charge is -2.36. The van der Waals surface area contributed by atoms with E-state index in [-0.39, 0.29) is 11.7 Å². The maximum atomic E-state index is 13.1. The second-order valence-corrected chi connectivity index (χ2v) is 8.51. The third-order valence-electron chi connectivity index (χ3n) is 6.53. The molecular weight excluding hydrogens is 393 g/mol. The Balaban J connectivity index is 1.19. The number of fused-ring (bicyclic) bond motifs is 1. The number of methoxy groups -OCH3 is 1. The van der Waals surface area contributed by atoms with E-state index in [0.29, 0.717) is 18.9 Å². The van der Waals surface area contributed by atoms with Crippen molar-refractivity contribution >= 4 is 11.6 Å². The van der Waals surface area contributed by atoms with Gasteiger partial charge in [-0.2, -0.15) is 0 Å². The number of piperazine rings is 1. The fraction of sp³-hybridized carbons (Fsp3) is 0.480. The number of hydrogen-bond acceptors (Lipinski definition) is 4. The molecule has 1 fully saturated rings. The second kappa shape index (κ2) is 10.1. The first-order valence-corrected chi connectivity index (χ1v) is 11.3. The Morgan fingerprint density at radius 3 is 2.65 bits per heavy atom.